The molecule has 3 heteroatoms. The second kappa shape index (κ2) is 6.82. The van der Waals surface area contributed by atoms with Gasteiger partial charge in [-0.3, -0.25) is 4.90 Å². The van der Waals surface area contributed by atoms with E-state index in [2.05, 4.69) is 38.8 Å². The van der Waals surface area contributed by atoms with Crippen LogP contribution in [0.2, 0.25) is 0 Å². The minimum absolute atomic E-state index is 0.203. The van der Waals surface area contributed by atoms with Gasteiger partial charge in [0.1, 0.15) is 11.5 Å². The molecular formula is C14H26N2O. The highest BCUT2D eigenvalue weighted by Crippen LogP contribution is 2.21. The van der Waals surface area contributed by atoms with Crippen molar-refractivity contribution < 1.29 is 4.42 Å². The van der Waals surface area contributed by atoms with Gasteiger partial charge in [0.25, 0.3) is 0 Å². The van der Waals surface area contributed by atoms with Gasteiger partial charge in [-0.2, -0.15) is 0 Å². The van der Waals surface area contributed by atoms with Crippen LogP contribution in [0.5, 0.6) is 0 Å². The number of hydrogen-bond donors (Lipinski definition) is 1. The maximum absolute atomic E-state index is 5.86. The molecule has 2 N–H and O–H groups in total. The van der Waals surface area contributed by atoms with E-state index in [0.717, 1.165) is 30.4 Å². The monoisotopic (exact) mass is 238 g/mol. The Bertz CT molecular complexity index is 320. The van der Waals surface area contributed by atoms with Gasteiger partial charge in [0, 0.05) is 13.0 Å². The molecule has 0 fully saturated rings. The van der Waals surface area contributed by atoms with Gasteiger partial charge in [0.05, 0.1) is 6.04 Å². The number of aryl methyl sites for hydroxylation is 1. The summed E-state index contributed by atoms with van der Waals surface area (Å²) in [5, 5.41) is 0. The van der Waals surface area contributed by atoms with E-state index in [1.165, 1.54) is 6.42 Å². The Morgan fingerprint density at radius 3 is 2.53 bits per heavy atom. The standard InChI is InChI=1S/C14H26N2O/c1-5-12-6-7-14(17-12)13(10-15)16(4)9-8-11(2)3/h6-7,11,13H,5,8-10,15H2,1-4H3. The molecule has 0 aliphatic rings. The first-order valence-corrected chi connectivity index (χ1v) is 6.57. The molecule has 1 rings (SSSR count). The van der Waals surface area contributed by atoms with Gasteiger partial charge in [0.2, 0.25) is 0 Å². The SMILES string of the molecule is CCc1ccc(C(CN)N(C)CCC(C)C)o1. The number of hydrogen-bond acceptors (Lipinski definition) is 3. The van der Waals surface area contributed by atoms with E-state index in [1.54, 1.807) is 0 Å². The van der Waals surface area contributed by atoms with Gasteiger partial charge in [0.15, 0.2) is 0 Å². The van der Waals surface area contributed by atoms with Crippen LogP contribution in [0, 0.1) is 5.92 Å². The van der Waals surface area contributed by atoms with E-state index in [4.69, 9.17) is 10.2 Å². The van der Waals surface area contributed by atoms with Crippen molar-refractivity contribution in [2.24, 2.45) is 11.7 Å². The highest BCUT2D eigenvalue weighted by Gasteiger charge is 2.18. The Morgan fingerprint density at radius 2 is 2.06 bits per heavy atom. The van der Waals surface area contributed by atoms with Crippen molar-refractivity contribution in [3.8, 4) is 0 Å². The van der Waals surface area contributed by atoms with Gasteiger partial charge in [-0.05, 0) is 38.1 Å². The molecule has 1 aromatic rings. The summed E-state index contributed by atoms with van der Waals surface area (Å²) in [5.41, 5.74) is 5.86. The highest BCUT2D eigenvalue weighted by atomic mass is 16.3. The summed E-state index contributed by atoms with van der Waals surface area (Å²) >= 11 is 0. The number of rotatable bonds is 7. The molecule has 0 spiro atoms. The largest absolute Gasteiger partial charge is 0.464 e. The molecule has 0 bridgehead atoms. The predicted molar refractivity (Wildman–Crippen MR) is 72.0 cm³/mol. The summed E-state index contributed by atoms with van der Waals surface area (Å²) in [6.45, 7) is 8.25. The summed E-state index contributed by atoms with van der Waals surface area (Å²) in [6, 6.07) is 4.31. The zero-order valence-electron chi connectivity index (χ0n) is 11.6. The molecular weight excluding hydrogens is 212 g/mol. The van der Waals surface area contributed by atoms with Crippen molar-refractivity contribution >= 4 is 0 Å². The van der Waals surface area contributed by atoms with Crippen molar-refractivity contribution in [1.82, 2.24) is 4.90 Å². The minimum atomic E-state index is 0.203. The number of furan rings is 1. The highest BCUT2D eigenvalue weighted by molar-refractivity contribution is 5.11. The molecule has 0 amide bonds. The summed E-state index contributed by atoms with van der Waals surface area (Å²) in [5.74, 6) is 2.75. The molecule has 3 nitrogen and oxygen atoms in total. The molecule has 1 atom stereocenters. The lowest BCUT2D eigenvalue weighted by molar-refractivity contribution is 0.207. The van der Waals surface area contributed by atoms with Crippen molar-refractivity contribution in [1.29, 1.82) is 0 Å². The number of nitrogens with two attached hydrogens (primary N) is 1. The lowest BCUT2D eigenvalue weighted by Gasteiger charge is -2.25. The van der Waals surface area contributed by atoms with Crippen LogP contribution in [-0.4, -0.2) is 25.0 Å². The number of nitrogens with zero attached hydrogens (tertiary/aromatic N) is 1. The van der Waals surface area contributed by atoms with Crippen LogP contribution in [-0.2, 0) is 6.42 Å². The van der Waals surface area contributed by atoms with Crippen LogP contribution >= 0.6 is 0 Å². The summed E-state index contributed by atoms with van der Waals surface area (Å²) in [6.07, 6.45) is 2.13. The van der Waals surface area contributed by atoms with E-state index >= 15 is 0 Å². The normalized spacial score (nSPS) is 13.6. The van der Waals surface area contributed by atoms with Gasteiger partial charge in [-0.1, -0.05) is 20.8 Å². The first kappa shape index (κ1) is 14.3. The smallest absolute Gasteiger partial charge is 0.122 e. The lowest BCUT2D eigenvalue weighted by atomic mass is 10.1. The van der Waals surface area contributed by atoms with Crippen LogP contribution in [0.3, 0.4) is 0 Å². The fourth-order valence-electron chi connectivity index (χ4n) is 1.89. The lowest BCUT2D eigenvalue weighted by Crippen LogP contribution is -2.31. The summed E-state index contributed by atoms with van der Waals surface area (Å²) in [4.78, 5) is 2.29. The fourth-order valence-corrected chi connectivity index (χ4v) is 1.89. The first-order valence-electron chi connectivity index (χ1n) is 6.57. The first-order chi connectivity index (χ1) is 8.08. The molecule has 0 aromatic carbocycles. The van der Waals surface area contributed by atoms with Crippen LogP contribution in [0.1, 0.15) is 44.8 Å². The number of likely N-dealkylation sites (N-methyl/N-ethyl adjacent to an activating group) is 1. The Hall–Kier alpha value is -0.800. The van der Waals surface area contributed by atoms with E-state index in [9.17, 15) is 0 Å². The fraction of sp³-hybridized carbons (Fsp3) is 0.714. The maximum Gasteiger partial charge on any atom is 0.122 e. The van der Waals surface area contributed by atoms with Crippen LogP contribution in [0.4, 0.5) is 0 Å². The van der Waals surface area contributed by atoms with E-state index in [0.29, 0.717) is 6.54 Å². The van der Waals surface area contributed by atoms with Gasteiger partial charge < -0.3 is 10.2 Å². The molecule has 1 heterocycles. The molecule has 0 aliphatic carbocycles. The Balaban J connectivity index is 2.63. The zero-order valence-corrected chi connectivity index (χ0v) is 11.6. The molecule has 0 radical (unpaired) electrons. The summed E-state index contributed by atoms with van der Waals surface area (Å²) < 4.78 is 5.79. The quantitative estimate of drug-likeness (QED) is 0.794. The van der Waals surface area contributed by atoms with Crippen molar-refractivity contribution in [2.75, 3.05) is 20.1 Å². The second-order valence-corrected chi connectivity index (χ2v) is 5.07. The third kappa shape index (κ3) is 4.17. The Kier molecular flexibility index (Phi) is 5.72. The molecule has 17 heavy (non-hydrogen) atoms. The van der Waals surface area contributed by atoms with Gasteiger partial charge in [-0.25, -0.2) is 0 Å². The van der Waals surface area contributed by atoms with Crippen LogP contribution in [0.15, 0.2) is 16.5 Å². The van der Waals surface area contributed by atoms with E-state index < -0.39 is 0 Å². The predicted octanol–water partition coefficient (Wildman–Crippen LogP) is 2.82. The van der Waals surface area contributed by atoms with Crippen molar-refractivity contribution in [3.63, 3.8) is 0 Å². The average molecular weight is 238 g/mol. The Labute approximate surface area is 105 Å². The molecule has 98 valence electrons. The Morgan fingerprint density at radius 1 is 1.35 bits per heavy atom. The molecule has 0 aliphatic heterocycles. The molecule has 1 unspecified atom stereocenters. The van der Waals surface area contributed by atoms with E-state index in [-0.39, 0.29) is 6.04 Å². The maximum atomic E-state index is 5.86. The summed E-state index contributed by atoms with van der Waals surface area (Å²) in [7, 11) is 2.12. The van der Waals surface area contributed by atoms with Crippen molar-refractivity contribution in [2.45, 2.75) is 39.7 Å². The third-order valence-corrected chi connectivity index (χ3v) is 3.17. The molecule has 1 aromatic heterocycles. The van der Waals surface area contributed by atoms with Gasteiger partial charge >= 0.3 is 0 Å². The second-order valence-electron chi connectivity index (χ2n) is 5.07. The van der Waals surface area contributed by atoms with Crippen molar-refractivity contribution in [3.05, 3.63) is 23.7 Å². The molecule has 0 saturated carbocycles. The van der Waals surface area contributed by atoms with Gasteiger partial charge in [-0.15, -0.1) is 0 Å². The van der Waals surface area contributed by atoms with E-state index in [1.807, 2.05) is 6.07 Å². The van der Waals surface area contributed by atoms with Crippen LogP contribution in [0.25, 0.3) is 0 Å². The topological polar surface area (TPSA) is 42.4 Å². The zero-order chi connectivity index (χ0) is 12.8. The minimum Gasteiger partial charge on any atom is -0.464 e. The average Bonchev–Trinajstić information content (AvgIpc) is 2.76. The third-order valence-electron chi connectivity index (χ3n) is 3.17. The van der Waals surface area contributed by atoms with Crippen LogP contribution < -0.4 is 5.73 Å². The molecule has 0 saturated heterocycles.